The molecule has 100 valence electrons. The zero-order valence-corrected chi connectivity index (χ0v) is 11.0. The highest BCUT2D eigenvalue weighted by Crippen LogP contribution is 2.30. The van der Waals surface area contributed by atoms with E-state index in [9.17, 15) is 12.8 Å². The lowest BCUT2D eigenvalue weighted by Gasteiger charge is -2.31. The third-order valence-electron chi connectivity index (χ3n) is 3.48. The molecule has 0 aliphatic heterocycles. The number of nitrogen functional groups attached to an aromatic ring is 1. The lowest BCUT2D eigenvalue weighted by atomic mass is 9.81. The minimum atomic E-state index is -3.67. The van der Waals surface area contributed by atoms with Crippen LogP contribution in [0.25, 0.3) is 0 Å². The highest BCUT2D eigenvalue weighted by Gasteiger charge is 2.28. The lowest BCUT2D eigenvalue weighted by Crippen LogP contribution is -2.40. The Kier molecular flexibility index (Phi) is 3.59. The molecule has 0 spiro atoms. The number of hydrogen-bond donors (Lipinski definition) is 2. The van der Waals surface area contributed by atoms with E-state index in [-0.39, 0.29) is 16.6 Å². The van der Waals surface area contributed by atoms with Gasteiger partial charge in [0.05, 0.1) is 10.6 Å². The Morgan fingerprint density at radius 1 is 1.44 bits per heavy atom. The molecule has 1 atom stereocenters. The molecule has 1 saturated carbocycles. The first-order valence-electron chi connectivity index (χ1n) is 5.97. The Morgan fingerprint density at radius 2 is 2.11 bits per heavy atom. The summed E-state index contributed by atoms with van der Waals surface area (Å²) < 4.78 is 39.9. The molecule has 1 aromatic carbocycles. The van der Waals surface area contributed by atoms with Crippen LogP contribution in [0.1, 0.15) is 26.2 Å². The smallest absolute Gasteiger partial charge is 0.240 e. The van der Waals surface area contributed by atoms with E-state index in [0.29, 0.717) is 5.92 Å². The molecule has 1 fully saturated rings. The van der Waals surface area contributed by atoms with Crippen molar-refractivity contribution in [3.8, 4) is 0 Å². The summed E-state index contributed by atoms with van der Waals surface area (Å²) >= 11 is 0. The normalized spacial score (nSPS) is 18.3. The minimum absolute atomic E-state index is 0.0546. The monoisotopic (exact) mass is 272 g/mol. The molecule has 1 aromatic rings. The van der Waals surface area contributed by atoms with Crippen LogP contribution >= 0.6 is 0 Å². The first-order valence-corrected chi connectivity index (χ1v) is 7.46. The van der Waals surface area contributed by atoms with Crippen LogP contribution in [-0.2, 0) is 10.0 Å². The maximum absolute atomic E-state index is 13.3. The second kappa shape index (κ2) is 4.85. The maximum Gasteiger partial charge on any atom is 0.240 e. The summed E-state index contributed by atoms with van der Waals surface area (Å²) in [6.45, 7) is 1.84. The number of nitrogens with one attached hydrogen (secondary N) is 1. The second-order valence-electron chi connectivity index (χ2n) is 4.78. The molecule has 18 heavy (non-hydrogen) atoms. The van der Waals surface area contributed by atoms with Crippen molar-refractivity contribution in [1.29, 1.82) is 0 Å². The van der Waals surface area contributed by atoms with Gasteiger partial charge in [0.1, 0.15) is 5.82 Å². The molecule has 0 saturated heterocycles. The van der Waals surface area contributed by atoms with Crippen LogP contribution in [0, 0.1) is 11.7 Å². The summed E-state index contributed by atoms with van der Waals surface area (Å²) in [6.07, 6.45) is 3.23. The van der Waals surface area contributed by atoms with Crippen LogP contribution in [0.2, 0.25) is 0 Å². The number of halogens is 1. The number of anilines is 1. The summed E-state index contributed by atoms with van der Waals surface area (Å²) in [7, 11) is -3.67. The lowest BCUT2D eigenvalue weighted by molar-refractivity contribution is 0.260. The summed E-state index contributed by atoms with van der Waals surface area (Å²) in [6, 6.07) is 3.40. The van der Waals surface area contributed by atoms with Gasteiger partial charge in [0.2, 0.25) is 10.0 Å². The number of sulfonamides is 1. The van der Waals surface area contributed by atoms with E-state index in [0.717, 1.165) is 25.3 Å². The van der Waals surface area contributed by atoms with Crippen LogP contribution in [0.5, 0.6) is 0 Å². The third-order valence-corrected chi connectivity index (χ3v) is 5.04. The van der Waals surface area contributed by atoms with E-state index >= 15 is 0 Å². The molecule has 1 aliphatic rings. The van der Waals surface area contributed by atoms with Crippen molar-refractivity contribution >= 4 is 15.7 Å². The van der Waals surface area contributed by atoms with Crippen molar-refractivity contribution in [2.45, 2.75) is 37.1 Å². The van der Waals surface area contributed by atoms with Gasteiger partial charge in [-0.15, -0.1) is 0 Å². The number of rotatable bonds is 4. The van der Waals surface area contributed by atoms with Gasteiger partial charge in [0.15, 0.2) is 0 Å². The molecular weight excluding hydrogens is 255 g/mol. The molecule has 1 aliphatic carbocycles. The molecule has 4 nitrogen and oxygen atoms in total. The number of hydrogen-bond acceptors (Lipinski definition) is 3. The Balaban J connectivity index is 2.16. The van der Waals surface area contributed by atoms with E-state index in [2.05, 4.69) is 4.72 Å². The number of benzene rings is 1. The van der Waals surface area contributed by atoms with Crippen molar-refractivity contribution in [2.75, 3.05) is 5.73 Å². The Hall–Kier alpha value is -1.14. The van der Waals surface area contributed by atoms with E-state index < -0.39 is 15.8 Å². The first-order chi connectivity index (χ1) is 8.40. The van der Waals surface area contributed by atoms with Gasteiger partial charge < -0.3 is 5.73 Å². The quantitative estimate of drug-likeness (QED) is 0.822. The van der Waals surface area contributed by atoms with Crippen LogP contribution in [0.15, 0.2) is 23.1 Å². The SMILES string of the molecule is CC(NS(=O)(=O)c1ccc(N)c(F)c1)C1CCC1. The van der Waals surface area contributed by atoms with E-state index in [1.165, 1.54) is 12.1 Å². The molecule has 6 heteroatoms. The molecule has 0 radical (unpaired) electrons. The highest BCUT2D eigenvalue weighted by atomic mass is 32.2. The fraction of sp³-hybridized carbons (Fsp3) is 0.500. The van der Waals surface area contributed by atoms with Gasteiger partial charge in [-0.3, -0.25) is 0 Å². The first kappa shape index (κ1) is 13.3. The van der Waals surface area contributed by atoms with E-state index in [1.807, 2.05) is 6.92 Å². The molecule has 0 aromatic heterocycles. The predicted octanol–water partition coefficient (Wildman–Crippen LogP) is 1.87. The molecule has 2 rings (SSSR count). The van der Waals surface area contributed by atoms with E-state index in [4.69, 9.17) is 5.73 Å². The fourth-order valence-electron chi connectivity index (χ4n) is 2.02. The predicted molar refractivity (Wildman–Crippen MR) is 67.9 cm³/mol. The second-order valence-corrected chi connectivity index (χ2v) is 6.50. The zero-order valence-electron chi connectivity index (χ0n) is 10.2. The van der Waals surface area contributed by atoms with Crippen LogP contribution in [0.4, 0.5) is 10.1 Å². The third kappa shape index (κ3) is 2.64. The van der Waals surface area contributed by atoms with Gasteiger partial charge in [0.25, 0.3) is 0 Å². The van der Waals surface area contributed by atoms with Crippen molar-refractivity contribution < 1.29 is 12.8 Å². The topological polar surface area (TPSA) is 72.2 Å². The fourth-order valence-corrected chi connectivity index (χ4v) is 3.35. The van der Waals surface area contributed by atoms with Crippen LogP contribution < -0.4 is 10.5 Å². The average molecular weight is 272 g/mol. The Morgan fingerprint density at radius 3 is 2.61 bits per heavy atom. The highest BCUT2D eigenvalue weighted by molar-refractivity contribution is 7.89. The summed E-state index contributed by atoms with van der Waals surface area (Å²) in [5, 5.41) is 0. The molecule has 0 bridgehead atoms. The Bertz CT molecular complexity index is 541. The molecule has 0 amide bonds. The van der Waals surface area contributed by atoms with Gasteiger partial charge in [-0.1, -0.05) is 6.42 Å². The molecular formula is C12H17FN2O2S. The van der Waals surface area contributed by atoms with E-state index in [1.54, 1.807) is 0 Å². The largest absolute Gasteiger partial charge is 0.396 e. The minimum Gasteiger partial charge on any atom is -0.396 e. The average Bonchev–Trinajstić information content (AvgIpc) is 2.18. The molecule has 1 unspecified atom stereocenters. The van der Waals surface area contributed by atoms with Crippen LogP contribution in [0.3, 0.4) is 0 Å². The maximum atomic E-state index is 13.3. The van der Waals surface area contributed by atoms with Crippen molar-refractivity contribution in [2.24, 2.45) is 5.92 Å². The van der Waals surface area contributed by atoms with Crippen molar-refractivity contribution in [1.82, 2.24) is 4.72 Å². The van der Waals surface area contributed by atoms with Gasteiger partial charge >= 0.3 is 0 Å². The number of nitrogens with two attached hydrogens (primary N) is 1. The summed E-state index contributed by atoms with van der Waals surface area (Å²) in [5.74, 6) is -0.326. The summed E-state index contributed by atoms with van der Waals surface area (Å²) in [5.41, 5.74) is 5.27. The van der Waals surface area contributed by atoms with Gasteiger partial charge in [-0.25, -0.2) is 17.5 Å². The van der Waals surface area contributed by atoms with Gasteiger partial charge in [-0.05, 0) is 43.9 Å². The van der Waals surface area contributed by atoms with Crippen molar-refractivity contribution in [3.63, 3.8) is 0 Å². The molecule has 3 N–H and O–H groups in total. The zero-order chi connectivity index (χ0) is 13.3. The summed E-state index contributed by atoms with van der Waals surface area (Å²) in [4.78, 5) is -0.0830. The Labute approximate surface area is 106 Å². The van der Waals surface area contributed by atoms with Gasteiger partial charge in [-0.2, -0.15) is 0 Å². The van der Waals surface area contributed by atoms with Crippen LogP contribution in [-0.4, -0.2) is 14.5 Å². The molecule has 0 heterocycles. The van der Waals surface area contributed by atoms with Gasteiger partial charge in [0, 0.05) is 6.04 Å². The van der Waals surface area contributed by atoms with Crippen molar-refractivity contribution in [3.05, 3.63) is 24.0 Å². The standard InChI is InChI=1S/C12H17FN2O2S/c1-8(9-3-2-4-9)15-18(16,17)10-5-6-12(14)11(13)7-10/h5-9,15H,2-4,14H2,1H3.